The van der Waals surface area contributed by atoms with E-state index in [4.69, 9.17) is 9.47 Å². The number of rotatable bonds is 5. The summed E-state index contributed by atoms with van der Waals surface area (Å²) in [6.45, 7) is 1.33. The van der Waals surface area contributed by atoms with Crippen LogP contribution in [0.25, 0.3) is 0 Å². The lowest BCUT2D eigenvalue weighted by Gasteiger charge is -2.32. The fourth-order valence-electron chi connectivity index (χ4n) is 2.96. The number of hydrogen-bond acceptors (Lipinski definition) is 4. The fourth-order valence-corrected chi connectivity index (χ4v) is 2.96. The molecule has 0 unspecified atom stereocenters. The second-order valence-electron chi connectivity index (χ2n) is 6.02. The predicted molar refractivity (Wildman–Crippen MR) is 93.9 cm³/mol. The Morgan fingerprint density at radius 3 is 2.44 bits per heavy atom. The number of para-hydroxylation sites is 2. The Bertz CT molecular complexity index is 779. The van der Waals surface area contributed by atoms with Crippen molar-refractivity contribution in [2.45, 2.75) is 25.5 Å². The lowest BCUT2D eigenvalue weighted by atomic mass is 10.1. The number of piperidine rings is 1. The molecular weight excluding hydrogens is 320 g/mol. The quantitative estimate of drug-likeness (QED) is 0.833. The first kappa shape index (κ1) is 17.1. The number of carbonyl (C=O) groups is 1. The van der Waals surface area contributed by atoms with Crippen molar-refractivity contribution in [1.29, 1.82) is 0 Å². The Hall–Kier alpha value is -2.76. The van der Waals surface area contributed by atoms with Gasteiger partial charge in [0.15, 0.2) is 11.5 Å². The van der Waals surface area contributed by atoms with Crippen LogP contribution >= 0.6 is 0 Å². The molecule has 6 heteroatoms. The van der Waals surface area contributed by atoms with Crippen LogP contribution in [0.4, 0.5) is 0 Å². The summed E-state index contributed by atoms with van der Waals surface area (Å²) in [5.74, 6) is 1.40. The van der Waals surface area contributed by atoms with Crippen molar-refractivity contribution in [2.75, 3.05) is 20.2 Å². The monoisotopic (exact) mass is 342 g/mol. The number of likely N-dealkylation sites (tertiary alicyclic amines) is 1. The molecule has 2 heterocycles. The van der Waals surface area contributed by atoms with Crippen molar-refractivity contribution in [2.24, 2.45) is 0 Å². The van der Waals surface area contributed by atoms with Crippen LogP contribution in [0.2, 0.25) is 0 Å². The number of benzene rings is 1. The molecular formula is C19H22N2O4. The molecule has 1 amide bonds. The van der Waals surface area contributed by atoms with Gasteiger partial charge in [-0.2, -0.15) is 0 Å². The number of pyridine rings is 1. The smallest absolute Gasteiger partial charge is 0.250 e. The average Bonchev–Trinajstić information content (AvgIpc) is 2.64. The maximum atomic E-state index is 12.4. The van der Waals surface area contributed by atoms with Gasteiger partial charge in [0.2, 0.25) is 5.91 Å². The highest BCUT2D eigenvalue weighted by molar-refractivity contribution is 5.76. The molecule has 0 radical (unpaired) electrons. The number of methoxy groups -OCH3 is 1. The van der Waals surface area contributed by atoms with Crippen LogP contribution in [0, 0.1) is 0 Å². The van der Waals surface area contributed by atoms with Crippen LogP contribution in [0.3, 0.4) is 0 Å². The third-order valence-corrected chi connectivity index (χ3v) is 4.36. The minimum absolute atomic E-state index is 0.0379. The summed E-state index contributed by atoms with van der Waals surface area (Å²) in [5.41, 5.74) is -0.162. The summed E-state index contributed by atoms with van der Waals surface area (Å²) in [4.78, 5) is 25.9. The topological polar surface area (TPSA) is 60.8 Å². The number of aromatic nitrogens is 1. The Labute approximate surface area is 146 Å². The molecule has 0 aliphatic carbocycles. The normalized spacial score (nSPS) is 15.0. The summed E-state index contributed by atoms with van der Waals surface area (Å²) in [6, 6.07) is 12.4. The van der Waals surface area contributed by atoms with Crippen LogP contribution in [0.5, 0.6) is 11.5 Å². The molecule has 0 saturated carbocycles. The third kappa shape index (κ3) is 4.21. The van der Waals surface area contributed by atoms with Crippen molar-refractivity contribution in [3.05, 3.63) is 59.0 Å². The van der Waals surface area contributed by atoms with E-state index in [1.165, 1.54) is 10.6 Å². The number of amides is 1. The molecule has 1 aromatic heterocycles. The maximum absolute atomic E-state index is 12.4. The summed E-state index contributed by atoms with van der Waals surface area (Å²) < 4.78 is 12.8. The molecule has 1 aliphatic heterocycles. The summed E-state index contributed by atoms with van der Waals surface area (Å²) in [6.07, 6.45) is 3.21. The first-order valence-corrected chi connectivity index (χ1v) is 8.40. The largest absolute Gasteiger partial charge is 0.493 e. The standard InChI is InChI=1S/C19H22N2O4/c1-24-16-6-2-3-7-17(16)25-15-9-12-20(13-10-15)19(23)14-21-11-5-4-8-18(21)22/h2-8,11,15H,9-10,12-14H2,1H3. The molecule has 6 nitrogen and oxygen atoms in total. The molecule has 0 spiro atoms. The van der Waals surface area contributed by atoms with Gasteiger partial charge in [-0.25, -0.2) is 0 Å². The van der Waals surface area contributed by atoms with E-state index in [0.29, 0.717) is 18.8 Å². The molecule has 0 atom stereocenters. The van der Waals surface area contributed by atoms with Crippen molar-refractivity contribution in [3.8, 4) is 11.5 Å². The lowest BCUT2D eigenvalue weighted by Crippen LogP contribution is -2.44. The Morgan fingerprint density at radius 1 is 1.08 bits per heavy atom. The van der Waals surface area contributed by atoms with E-state index in [1.54, 1.807) is 30.3 Å². The molecule has 0 bridgehead atoms. The molecule has 3 rings (SSSR count). The van der Waals surface area contributed by atoms with Gasteiger partial charge in [-0.3, -0.25) is 9.59 Å². The van der Waals surface area contributed by atoms with Gasteiger partial charge in [-0.05, 0) is 18.2 Å². The molecule has 132 valence electrons. The van der Waals surface area contributed by atoms with Gasteiger partial charge in [0, 0.05) is 38.2 Å². The Balaban J connectivity index is 1.54. The first-order valence-electron chi connectivity index (χ1n) is 8.40. The fraction of sp³-hybridized carbons (Fsp3) is 0.368. The van der Waals surface area contributed by atoms with E-state index < -0.39 is 0 Å². The van der Waals surface area contributed by atoms with E-state index in [1.807, 2.05) is 24.3 Å². The van der Waals surface area contributed by atoms with Crippen molar-refractivity contribution in [3.63, 3.8) is 0 Å². The van der Waals surface area contributed by atoms with Gasteiger partial charge in [-0.1, -0.05) is 18.2 Å². The molecule has 1 fully saturated rings. The van der Waals surface area contributed by atoms with Gasteiger partial charge >= 0.3 is 0 Å². The second-order valence-corrected chi connectivity index (χ2v) is 6.02. The van der Waals surface area contributed by atoms with E-state index in [2.05, 4.69) is 0 Å². The van der Waals surface area contributed by atoms with Crippen molar-refractivity contribution >= 4 is 5.91 Å². The summed E-state index contributed by atoms with van der Waals surface area (Å²) >= 11 is 0. The van der Waals surface area contributed by atoms with Crippen LogP contribution in [0.1, 0.15) is 12.8 Å². The van der Waals surface area contributed by atoms with Gasteiger partial charge in [0.05, 0.1) is 7.11 Å². The van der Waals surface area contributed by atoms with Crippen molar-refractivity contribution in [1.82, 2.24) is 9.47 Å². The van der Waals surface area contributed by atoms with Gasteiger partial charge in [-0.15, -0.1) is 0 Å². The third-order valence-electron chi connectivity index (χ3n) is 4.36. The summed E-state index contributed by atoms with van der Waals surface area (Å²) in [5, 5.41) is 0. The van der Waals surface area contributed by atoms with Gasteiger partial charge in [0.25, 0.3) is 5.56 Å². The van der Waals surface area contributed by atoms with Crippen molar-refractivity contribution < 1.29 is 14.3 Å². The highest BCUT2D eigenvalue weighted by Crippen LogP contribution is 2.28. The zero-order valence-corrected chi connectivity index (χ0v) is 14.3. The molecule has 0 N–H and O–H groups in total. The zero-order chi connectivity index (χ0) is 17.6. The number of ether oxygens (including phenoxy) is 2. The zero-order valence-electron chi connectivity index (χ0n) is 14.3. The van der Waals surface area contributed by atoms with E-state index >= 15 is 0 Å². The molecule has 25 heavy (non-hydrogen) atoms. The Kier molecular flexibility index (Phi) is 5.38. The molecule has 1 aliphatic rings. The number of nitrogens with zero attached hydrogens (tertiary/aromatic N) is 2. The van der Waals surface area contributed by atoms with E-state index in [0.717, 1.165) is 18.6 Å². The lowest BCUT2D eigenvalue weighted by molar-refractivity contribution is -0.133. The van der Waals surface area contributed by atoms with Crippen LogP contribution in [-0.4, -0.2) is 41.7 Å². The van der Waals surface area contributed by atoms with E-state index in [-0.39, 0.29) is 24.1 Å². The molecule has 1 saturated heterocycles. The van der Waals surface area contributed by atoms with Crippen LogP contribution in [-0.2, 0) is 11.3 Å². The van der Waals surface area contributed by atoms with Gasteiger partial charge in [0.1, 0.15) is 12.6 Å². The Morgan fingerprint density at radius 2 is 1.76 bits per heavy atom. The summed E-state index contributed by atoms with van der Waals surface area (Å²) in [7, 11) is 1.62. The van der Waals surface area contributed by atoms with Crippen LogP contribution < -0.4 is 15.0 Å². The highest BCUT2D eigenvalue weighted by Gasteiger charge is 2.24. The number of hydrogen-bond donors (Lipinski definition) is 0. The maximum Gasteiger partial charge on any atom is 0.250 e. The van der Waals surface area contributed by atoms with E-state index in [9.17, 15) is 9.59 Å². The first-order chi connectivity index (χ1) is 12.2. The second kappa shape index (κ2) is 7.88. The van der Waals surface area contributed by atoms with Gasteiger partial charge < -0.3 is 18.9 Å². The minimum atomic E-state index is -0.162. The predicted octanol–water partition coefficient (Wildman–Crippen LogP) is 1.93. The number of carbonyl (C=O) groups excluding carboxylic acids is 1. The molecule has 1 aromatic carbocycles. The molecule has 2 aromatic rings. The average molecular weight is 342 g/mol. The SMILES string of the molecule is COc1ccccc1OC1CCN(C(=O)Cn2ccccc2=O)CC1. The van der Waals surface area contributed by atoms with Crippen LogP contribution in [0.15, 0.2) is 53.5 Å². The highest BCUT2D eigenvalue weighted by atomic mass is 16.5. The minimum Gasteiger partial charge on any atom is -0.493 e.